The lowest BCUT2D eigenvalue weighted by atomic mass is 10.2. The van der Waals surface area contributed by atoms with Crippen molar-refractivity contribution in [3.05, 3.63) is 22.7 Å². The van der Waals surface area contributed by atoms with E-state index in [-0.39, 0.29) is 5.11 Å². The lowest BCUT2D eigenvalue weighted by Gasteiger charge is -2.13. The highest BCUT2D eigenvalue weighted by molar-refractivity contribution is 7.80. The van der Waals surface area contributed by atoms with E-state index in [9.17, 15) is 0 Å². The number of rotatable bonds is 7. The van der Waals surface area contributed by atoms with E-state index in [1.165, 1.54) is 6.21 Å². The van der Waals surface area contributed by atoms with Crippen LogP contribution in [0.25, 0.3) is 0 Å². The molecule has 110 valence electrons. The Bertz CT molecular complexity index is 495. The predicted molar refractivity (Wildman–Crippen MR) is 85.9 cm³/mol. The van der Waals surface area contributed by atoms with Crippen LogP contribution in [0.15, 0.2) is 17.2 Å². The molecule has 0 fully saturated rings. The minimum absolute atomic E-state index is 0.0882. The molecule has 0 aliphatic heterocycles. The van der Waals surface area contributed by atoms with Gasteiger partial charge < -0.3 is 15.2 Å². The van der Waals surface area contributed by atoms with Crippen LogP contribution < -0.4 is 20.6 Å². The van der Waals surface area contributed by atoms with Gasteiger partial charge in [0.15, 0.2) is 16.6 Å². The van der Waals surface area contributed by atoms with Crippen molar-refractivity contribution in [3.8, 4) is 11.5 Å². The molecule has 0 aliphatic rings. The number of nitrogens with zero attached hydrogens (tertiary/aromatic N) is 1. The number of hydrogen-bond acceptors (Lipinski definition) is 4. The van der Waals surface area contributed by atoms with Crippen molar-refractivity contribution in [2.75, 3.05) is 13.2 Å². The first-order chi connectivity index (χ1) is 9.58. The molecule has 0 aromatic heterocycles. The monoisotopic (exact) mass is 315 g/mol. The highest BCUT2D eigenvalue weighted by atomic mass is 35.5. The maximum absolute atomic E-state index is 6.18. The van der Waals surface area contributed by atoms with Gasteiger partial charge in [0, 0.05) is 11.6 Å². The van der Waals surface area contributed by atoms with Gasteiger partial charge >= 0.3 is 0 Å². The van der Waals surface area contributed by atoms with E-state index in [4.69, 9.17) is 26.8 Å². The van der Waals surface area contributed by atoms with E-state index in [0.717, 1.165) is 6.42 Å². The number of benzene rings is 1. The molecule has 1 rings (SSSR count). The average Bonchev–Trinajstić information content (AvgIpc) is 2.40. The molecule has 3 N–H and O–H groups in total. The fourth-order valence-corrected chi connectivity index (χ4v) is 1.66. The van der Waals surface area contributed by atoms with Crippen molar-refractivity contribution in [2.45, 2.75) is 20.3 Å². The van der Waals surface area contributed by atoms with Crippen LogP contribution in [0.2, 0.25) is 5.02 Å². The van der Waals surface area contributed by atoms with Crippen LogP contribution in [0.3, 0.4) is 0 Å². The van der Waals surface area contributed by atoms with Crippen LogP contribution in [-0.4, -0.2) is 24.5 Å². The van der Waals surface area contributed by atoms with Crippen molar-refractivity contribution in [1.82, 2.24) is 5.43 Å². The van der Waals surface area contributed by atoms with E-state index in [1.807, 2.05) is 13.8 Å². The van der Waals surface area contributed by atoms with Gasteiger partial charge in [-0.3, -0.25) is 5.43 Å². The molecule has 5 nitrogen and oxygen atoms in total. The molecule has 1 aromatic rings. The lowest BCUT2D eigenvalue weighted by molar-refractivity contribution is 0.277. The fraction of sp³-hybridized carbons (Fsp3) is 0.385. The molecule has 0 amide bonds. The zero-order chi connectivity index (χ0) is 15.0. The summed E-state index contributed by atoms with van der Waals surface area (Å²) < 4.78 is 11.1. The Balaban J connectivity index is 2.99. The first-order valence-electron chi connectivity index (χ1n) is 6.26. The number of nitrogens with two attached hydrogens (primary N) is 1. The minimum atomic E-state index is 0.0882. The third-order valence-electron chi connectivity index (χ3n) is 2.20. The molecule has 0 atom stereocenters. The standard InChI is InChI=1S/C13H18ClN3O2S/c1-3-5-19-12-7-10(14)9(6-11(12)18-4-2)8-16-17-13(15)20/h6-8H,3-5H2,1-2H3,(H3,15,17,20). The second kappa shape index (κ2) is 8.60. The van der Waals surface area contributed by atoms with Gasteiger partial charge in [0.25, 0.3) is 0 Å². The summed E-state index contributed by atoms with van der Waals surface area (Å²) in [5.41, 5.74) is 8.43. The zero-order valence-electron chi connectivity index (χ0n) is 11.5. The summed E-state index contributed by atoms with van der Waals surface area (Å²) in [5, 5.41) is 4.47. The predicted octanol–water partition coefficient (Wildman–Crippen LogP) is 2.69. The van der Waals surface area contributed by atoms with Gasteiger partial charge in [-0.05, 0) is 31.6 Å². The molecule has 0 spiro atoms. The molecule has 0 bridgehead atoms. The molecule has 0 saturated carbocycles. The van der Waals surface area contributed by atoms with Crippen molar-refractivity contribution in [2.24, 2.45) is 10.8 Å². The maximum Gasteiger partial charge on any atom is 0.184 e. The molecule has 0 heterocycles. The van der Waals surface area contributed by atoms with Gasteiger partial charge in [-0.25, -0.2) is 0 Å². The molecule has 0 radical (unpaired) electrons. The van der Waals surface area contributed by atoms with Crippen LogP contribution in [0.4, 0.5) is 0 Å². The molecule has 0 saturated heterocycles. The van der Waals surface area contributed by atoms with E-state index in [1.54, 1.807) is 12.1 Å². The second-order valence-electron chi connectivity index (χ2n) is 3.84. The number of halogens is 1. The molecule has 20 heavy (non-hydrogen) atoms. The summed E-state index contributed by atoms with van der Waals surface area (Å²) >= 11 is 10.8. The summed E-state index contributed by atoms with van der Waals surface area (Å²) in [6.45, 7) is 5.07. The Morgan fingerprint density at radius 1 is 1.40 bits per heavy atom. The third-order valence-corrected chi connectivity index (χ3v) is 2.62. The van der Waals surface area contributed by atoms with Gasteiger partial charge in [-0.15, -0.1) is 0 Å². The number of nitrogens with one attached hydrogen (secondary N) is 1. The van der Waals surface area contributed by atoms with Crippen molar-refractivity contribution in [3.63, 3.8) is 0 Å². The van der Waals surface area contributed by atoms with Crippen LogP contribution >= 0.6 is 23.8 Å². The number of ether oxygens (including phenoxy) is 2. The highest BCUT2D eigenvalue weighted by Gasteiger charge is 2.10. The highest BCUT2D eigenvalue weighted by Crippen LogP contribution is 2.33. The molecular weight excluding hydrogens is 298 g/mol. The first-order valence-corrected chi connectivity index (χ1v) is 7.04. The molecule has 1 aromatic carbocycles. The van der Waals surface area contributed by atoms with Gasteiger partial charge in [0.2, 0.25) is 0 Å². The van der Waals surface area contributed by atoms with Crippen LogP contribution in [0.5, 0.6) is 11.5 Å². The Labute approximate surface area is 129 Å². The topological polar surface area (TPSA) is 68.9 Å². The summed E-state index contributed by atoms with van der Waals surface area (Å²) in [5.74, 6) is 1.25. The first kappa shape index (κ1) is 16.5. The number of thiocarbonyl (C=S) groups is 1. The largest absolute Gasteiger partial charge is 0.490 e. The number of hydrazone groups is 1. The number of hydrogen-bond donors (Lipinski definition) is 2. The Hall–Kier alpha value is -1.53. The lowest BCUT2D eigenvalue weighted by Crippen LogP contribution is -2.24. The summed E-state index contributed by atoms with van der Waals surface area (Å²) in [6.07, 6.45) is 2.43. The van der Waals surface area contributed by atoms with Gasteiger partial charge in [-0.1, -0.05) is 18.5 Å². The van der Waals surface area contributed by atoms with Crippen molar-refractivity contribution >= 4 is 35.1 Å². The van der Waals surface area contributed by atoms with Crippen molar-refractivity contribution < 1.29 is 9.47 Å². The second-order valence-corrected chi connectivity index (χ2v) is 4.68. The Morgan fingerprint density at radius 3 is 2.70 bits per heavy atom. The Kier molecular flexibility index (Phi) is 7.11. The molecule has 0 unspecified atom stereocenters. The van der Waals surface area contributed by atoms with Gasteiger partial charge in [-0.2, -0.15) is 5.10 Å². The summed E-state index contributed by atoms with van der Waals surface area (Å²) in [6, 6.07) is 3.48. The van der Waals surface area contributed by atoms with Crippen molar-refractivity contribution in [1.29, 1.82) is 0 Å². The SMILES string of the molecule is CCCOc1cc(Cl)c(C=NNC(N)=S)cc1OCC. The summed E-state index contributed by atoms with van der Waals surface area (Å²) in [4.78, 5) is 0. The normalized spacial score (nSPS) is 10.6. The van der Waals surface area contributed by atoms with E-state index in [2.05, 4.69) is 22.7 Å². The van der Waals surface area contributed by atoms with E-state index >= 15 is 0 Å². The van der Waals surface area contributed by atoms with Gasteiger partial charge in [0.1, 0.15) is 0 Å². The summed E-state index contributed by atoms with van der Waals surface area (Å²) in [7, 11) is 0. The van der Waals surface area contributed by atoms with E-state index < -0.39 is 0 Å². The van der Waals surface area contributed by atoms with E-state index in [0.29, 0.717) is 35.3 Å². The Morgan fingerprint density at radius 2 is 2.10 bits per heavy atom. The fourth-order valence-electron chi connectivity index (χ4n) is 1.41. The molecule has 0 aliphatic carbocycles. The minimum Gasteiger partial charge on any atom is -0.490 e. The molecule has 7 heteroatoms. The average molecular weight is 316 g/mol. The quantitative estimate of drug-likeness (QED) is 0.460. The van der Waals surface area contributed by atoms with Crippen LogP contribution in [0.1, 0.15) is 25.8 Å². The van der Waals surface area contributed by atoms with Crippen LogP contribution in [-0.2, 0) is 0 Å². The van der Waals surface area contributed by atoms with Gasteiger partial charge in [0.05, 0.1) is 24.5 Å². The van der Waals surface area contributed by atoms with Crippen LogP contribution in [0, 0.1) is 0 Å². The molecular formula is C13H18ClN3O2S. The maximum atomic E-state index is 6.18. The smallest absolute Gasteiger partial charge is 0.184 e. The third kappa shape index (κ3) is 5.22. The zero-order valence-corrected chi connectivity index (χ0v) is 13.1.